The third-order valence-electron chi connectivity index (χ3n) is 4.67. The molecule has 1 aliphatic heterocycles. The fraction of sp³-hybridized carbons (Fsp3) is 0.158. The molecular weight excluding hydrogens is 422 g/mol. The van der Waals surface area contributed by atoms with Gasteiger partial charge < -0.3 is 9.84 Å². The second-order valence-corrected chi connectivity index (χ2v) is 6.81. The molecule has 0 saturated heterocycles. The Morgan fingerprint density at radius 2 is 2.03 bits per heavy atom. The average molecular weight is 438 g/mol. The summed E-state index contributed by atoms with van der Waals surface area (Å²) in [4.78, 5) is 8.31. The number of nitrogens with one attached hydrogen (secondary N) is 3. The number of halogens is 2. The molecule has 3 aromatic heterocycles. The monoisotopic (exact) mass is 438 g/mol. The van der Waals surface area contributed by atoms with E-state index in [0.717, 1.165) is 6.20 Å². The topological polar surface area (TPSA) is 130 Å². The number of hydrogen-bond donors (Lipinski definition) is 3. The van der Waals surface area contributed by atoms with E-state index in [4.69, 9.17) is 4.52 Å². The summed E-state index contributed by atoms with van der Waals surface area (Å²) in [6.07, 6.45) is 2.11. The highest BCUT2D eigenvalue weighted by atomic mass is 19.1. The van der Waals surface area contributed by atoms with Gasteiger partial charge in [0.2, 0.25) is 0 Å². The van der Waals surface area contributed by atoms with Crippen molar-refractivity contribution in [3.8, 4) is 22.9 Å². The van der Waals surface area contributed by atoms with Gasteiger partial charge in [-0.15, -0.1) is 5.11 Å². The van der Waals surface area contributed by atoms with Gasteiger partial charge >= 0.3 is 0 Å². The number of aromatic nitrogens is 5. The van der Waals surface area contributed by atoms with Crippen LogP contribution in [0.2, 0.25) is 0 Å². The molecule has 0 bridgehead atoms. The van der Waals surface area contributed by atoms with Gasteiger partial charge in [0.05, 0.1) is 25.0 Å². The molecule has 1 atom stereocenters. The first-order valence-electron chi connectivity index (χ1n) is 9.56. The second kappa shape index (κ2) is 8.47. The van der Waals surface area contributed by atoms with Crippen molar-refractivity contribution in [2.24, 2.45) is 10.3 Å². The normalized spacial score (nSPS) is 15.1. The van der Waals surface area contributed by atoms with Crippen molar-refractivity contribution in [3.63, 3.8) is 0 Å². The first-order chi connectivity index (χ1) is 15.7. The van der Waals surface area contributed by atoms with Crippen LogP contribution in [-0.4, -0.2) is 37.6 Å². The number of rotatable bonds is 7. The fourth-order valence-electron chi connectivity index (χ4n) is 3.12. The van der Waals surface area contributed by atoms with Crippen molar-refractivity contribution in [1.29, 1.82) is 0 Å². The smallest absolute Gasteiger partial charge is 0.183 e. The van der Waals surface area contributed by atoms with Gasteiger partial charge in [-0.05, 0) is 12.1 Å². The maximum absolute atomic E-state index is 14.2. The third kappa shape index (κ3) is 4.00. The summed E-state index contributed by atoms with van der Waals surface area (Å²) in [6, 6.07) is 9.76. The summed E-state index contributed by atoms with van der Waals surface area (Å²) >= 11 is 0. The van der Waals surface area contributed by atoms with Crippen molar-refractivity contribution in [2.75, 3.05) is 11.9 Å². The lowest BCUT2D eigenvalue weighted by molar-refractivity contribution is 0.421. The van der Waals surface area contributed by atoms with E-state index in [-0.39, 0.29) is 36.7 Å². The molecule has 0 spiro atoms. The van der Waals surface area contributed by atoms with E-state index < -0.39 is 5.82 Å². The minimum atomic E-state index is -0.626. The second-order valence-electron chi connectivity index (χ2n) is 6.81. The Kier molecular flexibility index (Phi) is 5.21. The van der Waals surface area contributed by atoms with Gasteiger partial charge in [-0.3, -0.25) is 4.68 Å². The van der Waals surface area contributed by atoms with Crippen LogP contribution in [0, 0.1) is 11.6 Å². The molecule has 5 rings (SSSR count). The zero-order valence-electron chi connectivity index (χ0n) is 16.4. The molecule has 4 aromatic rings. The van der Waals surface area contributed by atoms with Crippen LogP contribution in [-0.2, 0) is 6.54 Å². The molecule has 1 aromatic carbocycles. The minimum Gasteiger partial charge on any atom is -0.364 e. The number of anilines is 1. The molecule has 13 heteroatoms. The molecule has 162 valence electrons. The van der Waals surface area contributed by atoms with E-state index in [1.54, 1.807) is 35.0 Å². The molecule has 0 aliphatic carbocycles. The summed E-state index contributed by atoms with van der Waals surface area (Å²) < 4.78 is 35.0. The van der Waals surface area contributed by atoms with Crippen LogP contribution >= 0.6 is 0 Å². The summed E-state index contributed by atoms with van der Waals surface area (Å²) in [5.74, 6) is -0.804. The highest BCUT2D eigenvalue weighted by molar-refractivity contribution is 5.63. The Hall–Kier alpha value is -4.26. The molecule has 0 amide bonds. The molecule has 11 nitrogen and oxygen atoms in total. The molecule has 4 heterocycles. The number of nitrogens with zero attached hydrogens (tertiary/aromatic N) is 7. The zero-order chi connectivity index (χ0) is 21.9. The van der Waals surface area contributed by atoms with E-state index in [2.05, 4.69) is 46.8 Å². The predicted molar refractivity (Wildman–Crippen MR) is 108 cm³/mol. The third-order valence-corrected chi connectivity index (χ3v) is 4.67. The predicted octanol–water partition coefficient (Wildman–Crippen LogP) is 2.53. The van der Waals surface area contributed by atoms with Crippen LogP contribution in [0.3, 0.4) is 0 Å². The average Bonchev–Trinajstić information content (AvgIpc) is 3.57. The standard InChI is InChI=1S/C19H16F2N10O/c20-12-4-2-1-3-11(12)10-31-16(14-5-6-32-28-14)7-15(27-31)19-22-8-13(21)18(24-19)23-9-17-25-29-30-26-17/h1-8,17H,9-10H2,(H,25,30)(H,26,29)(H,22,23,24). The summed E-state index contributed by atoms with van der Waals surface area (Å²) in [5, 5.41) is 18.8. The molecule has 1 aliphatic rings. The van der Waals surface area contributed by atoms with Crippen molar-refractivity contribution in [2.45, 2.75) is 12.7 Å². The van der Waals surface area contributed by atoms with Crippen molar-refractivity contribution < 1.29 is 13.3 Å². The maximum Gasteiger partial charge on any atom is 0.183 e. The minimum absolute atomic E-state index is 0.00876. The van der Waals surface area contributed by atoms with Gasteiger partial charge in [0.1, 0.15) is 23.5 Å². The van der Waals surface area contributed by atoms with Gasteiger partial charge in [0.15, 0.2) is 23.6 Å². The summed E-state index contributed by atoms with van der Waals surface area (Å²) in [7, 11) is 0. The number of hydrogen-bond acceptors (Lipinski definition) is 10. The van der Waals surface area contributed by atoms with Crippen molar-refractivity contribution >= 4 is 5.82 Å². The largest absolute Gasteiger partial charge is 0.364 e. The molecule has 0 fully saturated rings. The Labute approximate surface area is 179 Å². The SMILES string of the molecule is Fc1ccccc1Cn1nc(-c2ncc(F)c(NCC3N=NNN3)n2)cc1-c1ccon1. The molecule has 0 radical (unpaired) electrons. The zero-order valence-corrected chi connectivity index (χ0v) is 16.4. The van der Waals surface area contributed by atoms with E-state index in [9.17, 15) is 8.78 Å². The van der Waals surface area contributed by atoms with Gasteiger partial charge in [-0.25, -0.2) is 24.3 Å². The Morgan fingerprint density at radius 1 is 1.12 bits per heavy atom. The van der Waals surface area contributed by atoms with Gasteiger partial charge in [-0.2, -0.15) is 10.5 Å². The number of hydrazine groups is 1. The van der Waals surface area contributed by atoms with Crippen LogP contribution in [0.15, 0.2) is 63.7 Å². The van der Waals surface area contributed by atoms with E-state index in [0.29, 0.717) is 22.6 Å². The van der Waals surface area contributed by atoms with Crippen LogP contribution in [0.1, 0.15) is 5.56 Å². The summed E-state index contributed by atoms with van der Waals surface area (Å²) in [6.45, 7) is 0.391. The Bertz CT molecular complexity index is 1260. The quantitative estimate of drug-likeness (QED) is 0.401. The lowest BCUT2D eigenvalue weighted by atomic mass is 10.2. The molecule has 32 heavy (non-hydrogen) atoms. The van der Waals surface area contributed by atoms with E-state index in [1.807, 2.05) is 0 Å². The highest BCUT2D eigenvalue weighted by Gasteiger charge is 2.19. The van der Waals surface area contributed by atoms with Crippen LogP contribution in [0.4, 0.5) is 14.6 Å². The lowest BCUT2D eigenvalue weighted by Crippen LogP contribution is -2.35. The Morgan fingerprint density at radius 3 is 2.81 bits per heavy atom. The van der Waals surface area contributed by atoms with Gasteiger partial charge in [0, 0.05) is 11.6 Å². The molecular formula is C19H16F2N10O. The van der Waals surface area contributed by atoms with E-state index in [1.165, 1.54) is 12.3 Å². The summed E-state index contributed by atoms with van der Waals surface area (Å²) in [5.41, 5.74) is 7.15. The van der Waals surface area contributed by atoms with Gasteiger partial charge in [-0.1, -0.05) is 28.6 Å². The lowest BCUT2D eigenvalue weighted by Gasteiger charge is -2.09. The Balaban J connectivity index is 1.47. The fourth-order valence-corrected chi connectivity index (χ4v) is 3.12. The molecule has 3 N–H and O–H groups in total. The molecule has 0 saturated carbocycles. The van der Waals surface area contributed by atoms with Crippen LogP contribution < -0.4 is 16.3 Å². The number of benzene rings is 1. The van der Waals surface area contributed by atoms with Crippen LogP contribution in [0.25, 0.3) is 22.9 Å². The first-order valence-corrected chi connectivity index (χ1v) is 9.56. The first kappa shape index (κ1) is 19.7. The van der Waals surface area contributed by atoms with Crippen molar-refractivity contribution in [1.82, 2.24) is 35.9 Å². The maximum atomic E-state index is 14.2. The van der Waals surface area contributed by atoms with Crippen LogP contribution in [0.5, 0.6) is 0 Å². The van der Waals surface area contributed by atoms with E-state index >= 15 is 0 Å². The highest BCUT2D eigenvalue weighted by Crippen LogP contribution is 2.26. The van der Waals surface area contributed by atoms with Crippen molar-refractivity contribution in [3.05, 3.63) is 66.1 Å². The van der Waals surface area contributed by atoms with Gasteiger partial charge in [0.25, 0.3) is 0 Å². The molecule has 1 unspecified atom stereocenters.